The maximum absolute atomic E-state index is 10.8. The van der Waals surface area contributed by atoms with Crippen LogP contribution >= 0.6 is 0 Å². The zero-order valence-electron chi connectivity index (χ0n) is 8.74. The molecule has 0 unspecified atom stereocenters. The summed E-state index contributed by atoms with van der Waals surface area (Å²) in [5, 5.41) is 20.2. The molecule has 0 atom stereocenters. The maximum atomic E-state index is 10.8. The number of aromatic nitrogens is 1. The van der Waals surface area contributed by atoms with Crippen LogP contribution in [0.1, 0.15) is 12.8 Å². The van der Waals surface area contributed by atoms with Crippen molar-refractivity contribution in [2.75, 3.05) is 18.0 Å². The number of piperidine rings is 1. The summed E-state index contributed by atoms with van der Waals surface area (Å²) < 4.78 is 0. The van der Waals surface area contributed by atoms with Crippen LogP contribution in [0, 0.1) is 10.1 Å². The number of aliphatic hydroxyl groups excluding tert-OH is 1. The molecule has 1 fully saturated rings. The van der Waals surface area contributed by atoms with Crippen LogP contribution in [-0.4, -0.2) is 34.2 Å². The molecule has 0 spiro atoms. The zero-order valence-corrected chi connectivity index (χ0v) is 8.74. The summed E-state index contributed by atoms with van der Waals surface area (Å²) in [6.45, 7) is 1.22. The standard InChI is InChI=1S/C10H13N3O3/c14-8-3-6-12(7-4-8)10-9(13(15)16)2-1-5-11-10/h1-2,5,8,14H,3-4,6-7H2. The van der Waals surface area contributed by atoms with E-state index in [-0.39, 0.29) is 11.8 Å². The summed E-state index contributed by atoms with van der Waals surface area (Å²) in [6.07, 6.45) is 2.52. The summed E-state index contributed by atoms with van der Waals surface area (Å²) in [5.74, 6) is 0.402. The molecule has 16 heavy (non-hydrogen) atoms. The Morgan fingerprint density at radius 1 is 1.50 bits per heavy atom. The molecule has 2 rings (SSSR count). The average molecular weight is 223 g/mol. The lowest BCUT2D eigenvalue weighted by Crippen LogP contribution is -2.36. The van der Waals surface area contributed by atoms with Crippen molar-refractivity contribution in [3.8, 4) is 0 Å². The second kappa shape index (κ2) is 4.44. The Bertz CT molecular complexity index is 389. The van der Waals surface area contributed by atoms with Gasteiger partial charge in [-0.3, -0.25) is 10.1 Å². The van der Waals surface area contributed by atoms with Crippen LogP contribution in [0.25, 0.3) is 0 Å². The summed E-state index contributed by atoms with van der Waals surface area (Å²) in [4.78, 5) is 16.3. The zero-order chi connectivity index (χ0) is 11.5. The van der Waals surface area contributed by atoms with Gasteiger partial charge in [-0.05, 0) is 18.9 Å². The van der Waals surface area contributed by atoms with Crippen LogP contribution in [-0.2, 0) is 0 Å². The van der Waals surface area contributed by atoms with E-state index in [1.807, 2.05) is 4.90 Å². The smallest absolute Gasteiger partial charge is 0.311 e. The first kappa shape index (κ1) is 10.8. The minimum Gasteiger partial charge on any atom is -0.393 e. The first-order valence-electron chi connectivity index (χ1n) is 5.21. The van der Waals surface area contributed by atoms with Gasteiger partial charge in [0.2, 0.25) is 5.82 Å². The first-order chi connectivity index (χ1) is 7.68. The van der Waals surface area contributed by atoms with Gasteiger partial charge in [0, 0.05) is 25.4 Å². The molecule has 1 N–H and O–H groups in total. The fraction of sp³-hybridized carbons (Fsp3) is 0.500. The summed E-state index contributed by atoms with van der Waals surface area (Å²) >= 11 is 0. The minimum atomic E-state index is -0.423. The second-order valence-corrected chi connectivity index (χ2v) is 3.82. The topological polar surface area (TPSA) is 79.5 Å². The summed E-state index contributed by atoms with van der Waals surface area (Å²) in [7, 11) is 0. The van der Waals surface area contributed by atoms with E-state index in [4.69, 9.17) is 0 Å². The predicted octanol–water partition coefficient (Wildman–Crippen LogP) is 0.951. The summed E-state index contributed by atoms with van der Waals surface area (Å²) in [5.41, 5.74) is 0.0267. The van der Waals surface area contributed by atoms with Crippen LogP contribution in [0.5, 0.6) is 0 Å². The van der Waals surface area contributed by atoms with Gasteiger partial charge in [-0.2, -0.15) is 0 Å². The number of hydrogen-bond acceptors (Lipinski definition) is 5. The quantitative estimate of drug-likeness (QED) is 0.596. The number of hydrogen-bond donors (Lipinski definition) is 1. The Balaban J connectivity index is 2.23. The van der Waals surface area contributed by atoms with Crippen LogP contribution in [0.15, 0.2) is 18.3 Å². The molecule has 2 heterocycles. The highest BCUT2D eigenvalue weighted by atomic mass is 16.6. The molecular formula is C10H13N3O3. The summed E-state index contributed by atoms with van der Waals surface area (Å²) in [6, 6.07) is 3.01. The second-order valence-electron chi connectivity index (χ2n) is 3.82. The SMILES string of the molecule is O=[N+]([O-])c1cccnc1N1CCC(O)CC1. The molecule has 6 nitrogen and oxygen atoms in total. The lowest BCUT2D eigenvalue weighted by Gasteiger charge is -2.29. The van der Waals surface area contributed by atoms with Crippen molar-refractivity contribution >= 4 is 11.5 Å². The van der Waals surface area contributed by atoms with Crippen molar-refractivity contribution in [1.29, 1.82) is 0 Å². The van der Waals surface area contributed by atoms with Gasteiger partial charge in [0.1, 0.15) is 0 Å². The van der Waals surface area contributed by atoms with E-state index in [1.165, 1.54) is 6.07 Å². The number of rotatable bonds is 2. The Kier molecular flexibility index (Phi) is 3.00. The van der Waals surface area contributed by atoms with Gasteiger partial charge >= 0.3 is 5.69 Å². The lowest BCUT2D eigenvalue weighted by atomic mass is 10.1. The third-order valence-electron chi connectivity index (χ3n) is 2.73. The maximum Gasteiger partial charge on any atom is 0.311 e. The monoisotopic (exact) mass is 223 g/mol. The van der Waals surface area contributed by atoms with Crippen LogP contribution in [0.3, 0.4) is 0 Å². The molecule has 1 aromatic rings. The predicted molar refractivity (Wildman–Crippen MR) is 58.3 cm³/mol. The molecule has 1 aliphatic rings. The Labute approximate surface area is 92.7 Å². The Morgan fingerprint density at radius 2 is 2.19 bits per heavy atom. The highest BCUT2D eigenvalue weighted by Crippen LogP contribution is 2.27. The van der Waals surface area contributed by atoms with Gasteiger partial charge in [-0.1, -0.05) is 0 Å². The largest absolute Gasteiger partial charge is 0.393 e. The van der Waals surface area contributed by atoms with Crippen molar-refractivity contribution in [3.05, 3.63) is 28.4 Å². The molecule has 1 saturated heterocycles. The minimum absolute atomic E-state index is 0.0267. The molecule has 0 saturated carbocycles. The van der Waals surface area contributed by atoms with Crippen LogP contribution in [0.4, 0.5) is 11.5 Å². The van der Waals surface area contributed by atoms with Crippen LogP contribution < -0.4 is 4.90 Å². The van der Waals surface area contributed by atoms with Gasteiger partial charge in [0.15, 0.2) is 0 Å². The van der Waals surface area contributed by atoms with E-state index in [0.29, 0.717) is 31.7 Å². The molecule has 0 amide bonds. The molecule has 0 aliphatic carbocycles. The van der Waals surface area contributed by atoms with Crippen molar-refractivity contribution in [1.82, 2.24) is 4.98 Å². The molecule has 86 valence electrons. The fourth-order valence-corrected chi connectivity index (χ4v) is 1.85. The van der Waals surface area contributed by atoms with Gasteiger partial charge in [0.25, 0.3) is 0 Å². The Morgan fingerprint density at radius 3 is 2.81 bits per heavy atom. The van der Waals surface area contributed by atoms with E-state index in [9.17, 15) is 15.2 Å². The lowest BCUT2D eigenvalue weighted by molar-refractivity contribution is -0.384. The average Bonchev–Trinajstić information content (AvgIpc) is 2.30. The fourth-order valence-electron chi connectivity index (χ4n) is 1.85. The van der Waals surface area contributed by atoms with Gasteiger partial charge in [-0.25, -0.2) is 4.98 Å². The molecule has 0 radical (unpaired) electrons. The van der Waals surface area contributed by atoms with E-state index >= 15 is 0 Å². The molecule has 1 aliphatic heterocycles. The number of aliphatic hydroxyl groups is 1. The van der Waals surface area contributed by atoms with Crippen molar-refractivity contribution in [2.45, 2.75) is 18.9 Å². The number of pyridine rings is 1. The molecule has 0 bridgehead atoms. The van der Waals surface area contributed by atoms with E-state index in [2.05, 4.69) is 4.98 Å². The van der Waals surface area contributed by atoms with Crippen molar-refractivity contribution < 1.29 is 10.0 Å². The van der Waals surface area contributed by atoms with E-state index in [0.717, 1.165) is 0 Å². The van der Waals surface area contributed by atoms with Gasteiger partial charge < -0.3 is 10.0 Å². The highest BCUT2D eigenvalue weighted by Gasteiger charge is 2.24. The molecule has 0 aromatic carbocycles. The molecule has 1 aromatic heterocycles. The van der Waals surface area contributed by atoms with E-state index in [1.54, 1.807) is 12.3 Å². The highest BCUT2D eigenvalue weighted by molar-refractivity contribution is 5.57. The number of anilines is 1. The number of nitrogens with zero attached hydrogens (tertiary/aromatic N) is 3. The normalized spacial score (nSPS) is 17.4. The van der Waals surface area contributed by atoms with Crippen molar-refractivity contribution in [2.24, 2.45) is 0 Å². The third kappa shape index (κ3) is 2.11. The van der Waals surface area contributed by atoms with E-state index < -0.39 is 4.92 Å². The van der Waals surface area contributed by atoms with Crippen LogP contribution in [0.2, 0.25) is 0 Å². The first-order valence-corrected chi connectivity index (χ1v) is 5.21. The van der Waals surface area contributed by atoms with Gasteiger partial charge in [-0.15, -0.1) is 0 Å². The third-order valence-corrected chi connectivity index (χ3v) is 2.73. The molecule has 6 heteroatoms. The van der Waals surface area contributed by atoms with Gasteiger partial charge in [0.05, 0.1) is 11.0 Å². The van der Waals surface area contributed by atoms with Crippen molar-refractivity contribution in [3.63, 3.8) is 0 Å². The molecular weight excluding hydrogens is 210 g/mol. The Hall–Kier alpha value is -1.69. The number of nitro groups is 1.